The molecule has 0 unspecified atom stereocenters. The lowest BCUT2D eigenvalue weighted by Crippen LogP contribution is -2.30. The van der Waals surface area contributed by atoms with E-state index in [1.54, 1.807) is 6.92 Å². The molecule has 11 heteroatoms. The first-order chi connectivity index (χ1) is 13.8. The van der Waals surface area contributed by atoms with Crippen LogP contribution in [-0.4, -0.2) is 41.6 Å². The molecule has 2 rings (SSSR count). The first kappa shape index (κ1) is 21.9. The van der Waals surface area contributed by atoms with Crippen LogP contribution in [0.25, 0.3) is 0 Å². The zero-order valence-corrected chi connectivity index (χ0v) is 16.6. The number of amides is 1. The Labute approximate surface area is 170 Å². The number of hydrogen-bond acceptors (Lipinski definition) is 8. The molecule has 2 aromatic rings. The highest BCUT2D eigenvalue weighted by molar-refractivity contribution is 6.30. The normalized spacial score (nSPS) is 11.3. The maximum atomic E-state index is 12.5. The van der Waals surface area contributed by atoms with Gasteiger partial charge in [-0.1, -0.05) is 11.6 Å². The summed E-state index contributed by atoms with van der Waals surface area (Å²) < 4.78 is 15.5. The molecule has 1 aromatic heterocycles. The smallest absolute Gasteiger partial charge is 0.346 e. The summed E-state index contributed by atoms with van der Waals surface area (Å²) in [4.78, 5) is 39.2. The average Bonchev–Trinajstić information content (AvgIpc) is 2.69. The number of pyridine rings is 1. The molecule has 1 amide bonds. The van der Waals surface area contributed by atoms with Crippen molar-refractivity contribution in [2.75, 3.05) is 19.0 Å². The van der Waals surface area contributed by atoms with Crippen LogP contribution in [-0.2, 0) is 9.53 Å². The number of methoxy groups -OCH3 is 1. The minimum absolute atomic E-state index is 0.0923. The van der Waals surface area contributed by atoms with E-state index in [9.17, 15) is 19.7 Å². The number of nitro benzene ring substituents is 1. The molecule has 0 bridgehead atoms. The fourth-order valence-electron chi connectivity index (χ4n) is 2.25. The van der Waals surface area contributed by atoms with Crippen LogP contribution in [0.4, 0.5) is 11.5 Å². The van der Waals surface area contributed by atoms with Crippen LogP contribution in [0.3, 0.4) is 0 Å². The van der Waals surface area contributed by atoms with E-state index in [1.165, 1.54) is 32.4 Å². The molecule has 0 saturated carbocycles. The number of halogens is 1. The lowest BCUT2D eigenvalue weighted by Gasteiger charge is -2.15. The number of carbonyl (C=O) groups is 2. The molecule has 1 aromatic carbocycles. The van der Waals surface area contributed by atoms with Crippen molar-refractivity contribution in [3.8, 4) is 11.5 Å². The third-order valence-corrected chi connectivity index (χ3v) is 3.85. The fraction of sp³-hybridized carbons (Fsp3) is 0.278. The number of anilines is 1. The number of hydrogen-bond donors (Lipinski definition) is 1. The third-order valence-electron chi connectivity index (χ3n) is 3.63. The van der Waals surface area contributed by atoms with E-state index in [0.29, 0.717) is 5.02 Å². The second-order valence-electron chi connectivity index (χ2n) is 5.61. The van der Waals surface area contributed by atoms with Gasteiger partial charge in [-0.2, -0.15) is 0 Å². The van der Waals surface area contributed by atoms with Gasteiger partial charge in [0, 0.05) is 12.3 Å². The SMILES string of the molecule is CCOc1cc(C(=O)O[C@@H](C)C(=O)Nc2ccc(Cl)cn2)c([N+](=O)[O-])cc1OC. The summed E-state index contributed by atoms with van der Waals surface area (Å²) in [5, 5.41) is 14.2. The highest BCUT2D eigenvalue weighted by Crippen LogP contribution is 2.35. The number of carbonyl (C=O) groups excluding carboxylic acids is 2. The number of ether oxygens (including phenoxy) is 3. The van der Waals surface area contributed by atoms with E-state index < -0.39 is 28.6 Å². The minimum atomic E-state index is -1.25. The Morgan fingerprint density at radius 3 is 2.59 bits per heavy atom. The van der Waals surface area contributed by atoms with Gasteiger partial charge in [-0.15, -0.1) is 0 Å². The number of aromatic nitrogens is 1. The van der Waals surface area contributed by atoms with Gasteiger partial charge < -0.3 is 19.5 Å². The average molecular weight is 424 g/mol. The molecule has 154 valence electrons. The molecule has 0 fully saturated rings. The van der Waals surface area contributed by atoms with Gasteiger partial charge in [-0.05, 0) is 26.0 Å². The Hall–Kier alpha value is -3.40. The van der Waals surface area contributed by atoms with Gasteiger partial charge in [0.2, 0.25) is 0 Å². The molecule has 0 saturated heterocycles. The van der Waals surface area contributed by atoms with Crippen molar-refractivity contribution < 1.29 is 28.7 Å². The predicted molar refractivity (Wildman–Crippen MR) is 104 cm³/mol. The molecule has 10 nitrogen and oxygen atoms in total. The van der Waals surface area contributed by atoms with Gasteiger partial charge in [-0.25, -0.2) is 9.78 Å². The predicted octanol–water partition coefficient (Wildman–Crippen LogP) is 3.23. The van der Waals surface area contributed by atoms with Gasteiger partial charge in [0.25, 0.3) is 11.6 Å². The molecular formula is C18H18ClN3O7. The Balaban J connectivity index is 2.21. The molecule has 29 heavy (non-hydrogen) atoms. The quantitative estimate of drug-likeness (QED) is 0.389. The first-order valence-corrected chi connectivity index (χ1v) is 8.77. The molecule has 0 radical (unpaired) electrons. The van der Waals surface area contributed by atoms with Gasteiger partial charge in [0.15, 0.2) is 17.6 Å². The number of nitrogens with one attached hydrogen (secondary N) is 1. The van der Waals surface area contributed by atoms with Crippen LogP contribution < -0.4 is 14.8 Å². The van der Waals surface area contributed by atoms with Crippen LogP contribution in [0.5, 0.6) is 11.5 Å². The highest BCUT2D eigenvalue weighted by Gasteiger charge is 2.28. The summed E-state index contributed by atoms with van der Waals surface area (Å²) in [6.45, 7) is 3.27. The van der Waals surface area contributed by atoms with E-state index in [0.717, 1.165) is 12.1 Å². The van der Waals surface area contributed by atoms with Gasteiger partial charge in [-0.3, -0.25) is 14.9 Å². The molecule has 0 aliphatic rings. The monoisotopic (exact) mass is 423 g/mol. The zero-order chi connectivity index (χ0) is 21.6. The fourth-order valence-corrected chi connectivity index (χ4v) is 2.36. The summed E-state index contributed by atoms with van der Waals surface area (Å²) in [6, 6.07) is 5.20. The molecule has 0 spiro atoms. The van der Waals surface area contributed by atoms with Crippen LogP contribution in [0.1, 0.15) is 24.2 Å². The topological polar surface area (TPSA) is 130 Å². The minimum Gasteiger partial charge on any atom is -0.493 e. The molecular weight excluding hydrogens is 406 g/mol. The Morgan fingerprint density at radius 2 is 2.03 bits per heavy atom. The second-order valence-corrected chi connectivity index (χ2v) is 6.05. The largest absolute Gasteiger partial charge is 0.493 e. The number of nitrogens with zero attached hydrogens (tertiary/aromatic N) is 2. The van der Waals surface area contributed by atoms with E-state index in [1.807, 2.05) is 0 Å². The van der Waals surface area contributed by atoms with Crippen LogP contribution in [0.15, 0.2) is 30.5 Å². The van der Waals surface area contributed by atoms with E-state index in [-0.39, 0.29) is 29.5 Å². The van der Waals surface area contributed by atoms with Crippen LogP contribution >= 0.6 is 11.6 Å². The van der Waals surface area contributed by atoms with Crippen molar-refractivity contribution in [1.82, 2.24) is 4.98 Å². The molecule has 0 aliphatic heterocycles. The summed E-state index contributed by atoms with van der Waals surface area (Å²) in [5.41, 5.74) is -0.911. The number of benzene rings is 1. The van der Waals surface area contributed by atoms with E-state index in [4.69, 9.17) is 25.8 Å². The van der Waals surface area contributed by atoms with Crippen molar-refractivity contribution in [3.05, 3.63) is 51.2 Å². The Bertz CT molecular complexity index is 918. The number of esters is 1. The third kappa shape index (κ3) is 5.55. The van der Waals surface area contributed by atoms with Gasteiger partial charge in [0.05, 0.1) is 29.7 Å². The maximum absolute atomic E-state index is 12.5. The Kier molecular flexibility index (Phi) is 7.32. The van der Waals surface area contributed by atoms with Crippen LogP contribution in [0.2, 0.25) is 5.02 Å². The van der Waals surface area contributed by atoms with Crippen molar-refractivity contribution >= 4 is 35.0 Å². The second kappa shape index (κ2) is 9.69. The summed E-state index contributed by atoms with van der Waals surface area (Å²) in [5.74, 6) is -1.30. The van der Waals surface area contributed by atoms with Crippen LogP contribution in [0, 0.1) is 10.1 Å². The lowest BCUT2D eigenvalue weighted by molar-refractivity contribution is -0.385. The van der Waals surface area contributed by atoms with Crippen molar-refractivity contribution in [2.24, 2.45) is 0 Å². The molecule has 1 atom stereocenters. The van der Waals surface area contributed by atoms with Crippen molar-refractivity contribution in [1.29, 1.82) is 0 Å². The van der Waals surface area contributed by atoms with E-state index >= 15 is 0 Å². The number of rotatable bonds is 8. The molecule has 0 aliphatic carbocycles. The molecule has 1 N–H and O–H groups in total. The summed E-state index contributed by atoms with van der Waals surface area (Å²) in [7, 11) is 1.32. The zero-order valence-electron chi connectivity index (χ0n) is 15.8. The summed E-state index contributed by atoms with van der Waals surface area (Å²) >= 11 is 5.73. The molecule has 1 heterocycles. The Morgan fingerprint density at radius 1 is 1.31 bits per heavy atom. The van der Waals surface area contributed by atoms with Gasteiger partial charge in [0.1, 0.15) is 11.4 Å². The standard InChI is InChI=1S/C18H18ClN3O7/c1-4-28-15-7-12(13(22(25)26)8-14(15)27-3)18(24)29-10(2)17(23)21-16-6-5-11(19)9-20-16/h5-10H,4H2,1-3H3,(H,20,21,23)/t10-/m0/s1. The lowest BCUT2D eigenvalue weighted by atomic mass is 10.1. The highest BCUT2D eigenvalue weighted by atomic mass is 35.5. The van der Waals surface area contributed by atoms with Crippen molar-refractivity contribution in [2.45, 2.75) is 20.0 Å². The first-order valence-electron chi connectivity index (χ1n) is 8.39. The number of nitro groups is 1. The van der Waals surface area contributed by atoms with E-state index in [2.05, 4.69) is 10.3 Å². The maximum Gasteiger partial charge on any atom is 0.346 e. The summed E-state index contributed by atoms with van der Waals surface area (Å²) in [6.07, 6.45) is 0.0846. The van der Waals surface area contributed by atoms with Crippen molar-refractivity contribution in [3.63, 3.8) is 0 Å². The van der Waals surface area contributed by atoms with Gasteiger partial charge >= 0.3 is 5.97 Å².